The first-order chi connectivity index (χ1) is 6.31. The molecule has 0 aromatic heterocycles. The highest BCUT2D eigenvalue weighted by molar-refractivity contribution is 8.00. The summed E-state index contributed by atoms with van der Waals surface area (Å²) in [4.78, 5) is 15.3. The second-order valence-corrected chi connectivity index (χ2v) is 4.23. The third-order valence-electron chi connectivity index (χ3n) is 2.26. The summed E-state index contributed by atoms with van der Waals surface area (Å²) in [6.07, 6.45) is 2.39. The molecular formula is C8H12N2O2S. The van der Waals surface area contributed by atoms with Crippen LogP contribution in [0.1, 0.15) is 13.3 Å². The SMILES string of the molecule is CCC1NC(=O)OC1C1N=CCS1. The maximum Gasteiger partial charge on any atom is 0.407 e. The van der Waals surface area contributed by atoms with Crippen molar-refractivity contribution in [3.63, 3.8) is 0 Å². The van der Waals surface area contributed by atoms with Crippen LogP contribution >= 0.6 is 11.8 Å². The Morgan fingerprint density at radius 2 is 2.69 bits per heavy atom. The van der Waals surface area contributed by atoms with Crippen molar-refractivity contribution in [3.05, 3.63) is 0 Å². The Morgan fingerprint density at radius 1 is 1.85 bits per heavy atom. The lowest BCUT2D eigenvalue weighted by molar-refractivity contribution is 0.130. The number of alkyl carbamates (subject to hydrolysis) is 1. The lowest BCUT2D eigenvalue weighted by Gasteiger charge is -2.18. The van der Waals surface area contributed by atoms with Crippen LogP contribution < -0.4 is 5.32 Å². The molecule has 5 heteroatoms. The van der Waals surface area contributed by atoms with E-state index in [-0.39, 0.29) is 23.6 Å². The minimum absolute atomic E-state index is 0.0822. The molecule has 2 heterocycles. The van der Waals surface area contributed by atoms with Crippen molar-refractivity contribution in [3.8, 4) is 0 Å². The molecule has 2 rings (SSSR count). The molecule has 13 heavy (non-hydrogen) atoms. The number of hydrogen-bond acceptors (Lipinski definition) is 4. The van der Waals surface area contributed by atoms with Crippen molar-refractivity contribution >= 4 is 24.1 Å². The van der Waals surface area contributed by atoms with Crippen LogP contribution in [-0.2, 0) is 4.74 Å². The summed E-state index contributed by atoms with van der Waals surface area (Å²) in [7, 11) is 0. The summed E-state index contributed by atoms with van der Waals surface area (Å²) in [5.41, 5.74) is 0. The van der Waals surface area contributed by atoms with Gasteiger partial charge in [0.05, 0.1) is 6.04 Å². The van der Waals surface area contributed by atoms with E-state index >= 15 is 0 Å². The molecule has 3 unspecified atom stereocenters. The number of amides is 1. The lowest BCUT2D eigenvalue weighted by Crippen LogP contribution is -2.35. The van der Waals surface area contributed by atoms with Gasteiger partial charge in [-0.25, -0.2) is 4.79 Å². The van der Waals surface area contributed by atoms with Crippen LogP contribution in [-0.4, -0.2) is 35.6 Å². The van der Waals surface area contributed by atoms with E-state index in [1.165, 1.54) is 0 Å². The zero-order valence-corrected chi connectivity index (χ0v) is 8.21. The number of cyclic esters (lactones) is 1. The second-order valence-electron chi connectivity index (χ2n) is 3.08. The Hall–Kier alpha value is -0.710. The Labute approximate surface area is 81.1 Å². The monoisotopic (exact) mass is 200 g/mol. The first kappa shape index (κ1) is 8.87. The van der Waals surface area contributed by atoms with Gasteiger partial charge in [-0.15, -0.1) is 11.8 Å². The summed E-state index contributed by atoms with van der Waals surface area (Å²) in [6, 6.07) is 0.125. The topological polar surface area (TPSA) is 50.7 Å². The van der Waals surface area contributed by atoms with Gasteiger partial charge in [0.2, 0.25) is 0 Å². The van der Waals surface area contributed by atoms with Crippen molar-refractivity contribution in [2.24, 2.45) is 4.99 Å². The number of hydrogen-bond donors (Lipinski definition) is 1. The highest BCUT2D eigenvalue weighted by Gasteiger charge is 2.39. The predicted molar refractivity (Wildman–Crippen MR) is 52.2 cm³/mol. The standard InChI is InChI=1S/C8H12N2O2S/c1-2-5-6(12-8(11)10-5)7-9-3-4-13-7/h3,5-7H,2,4H2,1H3,(H,10,11). The van der Waals surface area contributed by atoms with Gasteiger partial charge in [-0.3, -0.25) is 4.99 Å². The van der Waals surface area contributed by atoms with Gasteiger partial charge in [-0.1, -0.05) is 6.92 Å². The van der Waals surface area contributed by atoms with E-state index in [9.17, 15) is 4.79 Å². The summed E-state index contributed by atoms with van der Waals surface area (Å²) < 4.78 is 5.16. The molecule has 0 bridgehead atoms. The van der Waals surface area contributed by atoms with E-state index in [1.807, 2.05) is 13.1 Å². The molecule has 0 radical (unpaired) electrons. The average Bonchev–Trinajstić information content (AvgIpc) is 2.71. The summed E-state index contributed by atoms with van der Waals surface area (Å²) in [5, 5.41) is 2.88. The average molecular weight is 200 g/mol. The summed E-state index contributed by atoms with van der Waals surface area (Å²) in [5.74, 6) is 0.926. The second kappa shape index (κ2) is 3.57. The van der Waals surface area contributed by atoms with E-state index in [0.717, 1.165) is 12.2 Å². The van der Waals surface area contributed by atoms with Crippen molar-refractivity contribution in [2.75, 3.05) is 5.75 Å². The third-order valence-corrected chi connectivity index (χ3v) is 3.33. The van der Waals surface area contributed by atoms with E-state index in [0.29, 0.717) is 0 Å². The van der Waals surface area contributed by atoms with Crippen molar-refractivity contribution in [2.45, 2.75) is 30.9 Å². The van der Waals surface area contributed by atoms with E-state index in [1.54, 1.807) is 11.8 Å². The Balaban J connectivity index is 2.04. The Bertz CT molecular complexity index is 244. The van der Waals surface area contributed by atoms with Crippen LogP contribution in [0.2, 0.25) is 0 Å². The molecule has 1 saturated heterocycles. The molecule has 0 aromatic carbocycles. The fourth-order valence-electron chi connectivity index (χ4n) is 1.58. The van der Waals surface area contributed by atoms with Gasteiger partial charge in [-0.2, -0.15) is 0 Å². The highest BCUT2D eigenvalue weighted by Crippen LogP contribution is 2.27. The quantitative estimate of drug-likeness (QED) is 0.724. The Kier molecular flexibility index (Phi) is 2.44. The van der Waals surface area contributed by atoms with Gasteiger partial charge in [0.15, 0.2) is 6.10 Å². The van der Waals surface area contributed by atoms with E-state index < -0.39 is 0 Å². The van der Waals surface area contributed by atoms with Gasteiger partial charge in [0.1, 0.15) is 5.37 Å². The Morgan fingerprint density at radius 3 is 3.31 bits per heavy atom. The number of nitrogens with zero attached hydrogens (tertiary/aromatic N) is 1. The fourth-order valence-corrected chi connectivity index (χ4v) is 2.55. The predicted octanol–water partition coefficient (Wildman–Crippen LogP) is 1.02. The van der Waals surface area contributed by atoms with Crippen LogP contribution in [0.5, 0.6) is 0 Å². The molecule has 2 aliphatic rings. The van der Waals surface area contributed by atoms with Crippen LogP contribution in [0, 0.1) is 0 Å². The van der Waals surface area contributed by atoms with Gasteiger partial charge in [0, 0.05) is 12.0 Å². The molecule has 72 valence electrons. The number of thioether (sulfide) groups is 1. The maximum absolute atomic E-state index is 11.0. The maximum atomic E-state index is 11.0. The van der Waals surface area contributed by atoms with Crippen molar-refractivity contribution < 1.29 is 9.53 Å². The van der Waals surface area contributed by atoms with Gasteiger partial charge < -0.3 is 10.1 Å². The normalized spacial score (nSPS) is 37.6. The zero-order chi connectivity index (χ0) is 9.26. The third kappa shape index (κ3) is 1.65. The van der Waals surface area contributed by atoms with Gasteiger partial charge in [0.25, 0.3) is 0 Å². The molecular weight excluding hydrogens is 188 g/mol. The highest BCUT2D eigenvalue weighted by atomic mass is 32.2. The van der Waals surface area contributed by atoms with Gasteiger partial charge >= 0.3 is 6.09 Å². The number of carbonyl (C=O) groups excluding carboxylic acids is 1. The molecule has 2 aliphatic heterocycles. The minimum Gasteiger partial charge on any atom is -0.441 e. The molecule has 0 saturated carbocycles. The number of ether oxygens (including phenoxy) is 1. The largest absolute Gasteiger partial charge is 0.441 e. The number of nitrogens with one attached hydrogen (secondary N) is 1. The van der Waals surface area contributed by atoms with E-state index in [4.69, 9.17) is 4.74 Å². The minimum atomic E-state index is -0.306. The molecule has 1 amide bonds. The van der Waals surface area contributed by atoms with Crippen LogP contribution in [0.15, 0.2) is 4.99 Å². The smallest absolute Gasteiger partial charge is 0.407 e. The van der Waals surface area contributed by atoms with Crippen molar-refractivity contribution in [1.82, 2.24) is 5.32 Å². The summed E-state index contributed by atoms with van der Waals surface area (Å²) in [6.45, 7) is 2.04. The molecule has 0 aromatic rings. The molecule has 3 atom stereocenters. The fraction of sp³-hybridized carbons (Fsp3) is 0.750. The first-order valence-corrected chi connectivity index (χ1v) is 5.46. The molecule has 0 aliphatic carbocycles. The molecule has 1 N–H and O–H groups in total. The summed E-state index contributed by atoms with van der Waals surface area (Å²) >= 11 is 1.72. The first-order valence-electron chi connectivity index (χ1n) is 4.41. The van der Waals surface area contributed by atoms with E-state index in [2.05, 4.69) is 10.3 Å². The van der Waals surface area contributed by atoms with Gasteiger partial charge in [-0.05, 0) is 6.42 Å². The van der Waals surface area contributed by atoms with Crippen LogP contribution in [0.25, 0.3) is 0 Å². The number of rotatable bonds is 2. The lowest BCUT2D eigenvalue weighted by atomic mass is 10.1. The molecule has 4 nitrogen and oxygen atoms in total. The molecule has 1 fully saturated rings. The zero-order valence-electron chi connectivity index (χ0n) is 7.40. The van der Waals surface area contributed by atoms with Crippen molar-refractivity contribution in [1.29, 1.82) is 0 Å². The van der Waals surface area contributed by atoms with Crippen LogP contribution in [0.3, 0.4) is 0 Å². The number of aliphatic imine (C=N–C) groups is 1. The number of carbonyl (C=O) groups is 1. The van der Waals surface area contributed by atoms with Crippen LogP contribution in [0.4, 0.5) is 4.79 Å². The molecule has 0 spiro atoms.